The number of nitrogens with one attached hydrogen (secondary N) is 1. The smallest absolute Gasteiger partial charge is 0.225 e. The third-order valence-corrected chi connectivity index (χ3v) is 5.83. The molecule has 132 valence electrons. The van der Waals surface area contributed by atoms with E-state index >= 15 is 0 Å². The Bertz CT molecular complexity index is 402. The van der Waals surface area contributed by atoms with Gasteiger partial charge in [-0.05, 0) is 64.7 Å². The molecule has 2 fully saturated rings. The van der Waals surface area contributed by atoms with Crippen molar-refractivity contribution in [2.75, 3.05) is 6.54 Å². The molecule has 1 N–H and O–H groups in total. The lowest BCUT2D eigenvalue weighted by Gasteiger charge is -2.39. The monoisotopic (exact) mass is 322 g/mol. The van der Waals surface area contributed by atoms with Crippen LogP contribution < -0.4 is 5.32 Å². The van der Waals surface area contributed by atoms with Crippen LogP contribution in [0.4, 0.5) is 0 Å². The normalized spacial score (nSPS) is 29.9. The predicted octanol–water partition coefficient (Wildman–Crippen LogP) is 3.50. The maximum absolute atomic E-state index is 12.8. The summed E-state index contributed by atoms with van der Waals surface area (Å²) < 4.78 is 0. The maximum atomic E-state index is 12.8. The molecule has 0 radical (unpaired) electrons. The molecule has 1 saturated carbocycles. The number of carbonyl (C=O) groups excluding carboxylic acids is 2. The summed E-state index contributed by atoms with van der Waals surface area (Å²) in [5.74, 6) is 0.804. The van der Waals surface area contributed by atoms with Gasteiger partial charge in [-0.2, -0.15) is 0 Å². The van der Waals surface area contributed by atoms with Crippen molar-refractivity contribution in [1.29, 1.82) is 0 Å². The second-order valence-corrected chi connectivity index (χ2v) is 7.46. The second-order valence-electron chi connectivity index (χ2n) is 7.46. The summed E-state index contributed by atoms with van der Waals surface area (Å²) in [6.45, 7) is 7.26. The Morgan fingerprint density at radius 3 is 2.30 bits per heavy atom. The molecule has 2 rings (SSSR count). The van der Waals surface area contributed by atoms with Crippen molar-refractivity contribution in [3.05, 3.63) is 0 Å². The minimum absolute atomic E-state index is 0.108. The third-order valence-electron chi connectivity index (χ3n) is 5.83. The fourth-order valence-corrected chi connectivity index (χ4v) is 4.01. The molecular formula is C19H34N2O2. The summed E-state index contributed by atoms with van der Waals surface area (Å²) in [6, 6.07) is 0.697. The Labute approximate surface area is 141 Å². The van der Waals surface area contributed by atoms with Crippen molar-refractivity contribution >= 4 is 11.8 Å². The first-order chi connectivity index (χ1) is 11.1. The van der Waals surface area contributed by atoms with Crippen molar-refractivity contribution in [3.8, 4) is 0 Å². The molecule has 2 atom stereocenters. The predicted molar refractivity (Wildman–Crippen MR) is 93.0 cm³/mol. The van der Waals surface area contributed by atoms with Crippen LogP contribution in [-0.4, -0.2) is 35.3 Å². The molecule has 0 aromatic rings. The van der Waals surface area contributed by atoms with Gasteiger partial charge in [0.05, 0.1) is 0 Å². The highest BCUT2D eigenvalue weighted by Crippen LogP contribution is 2.32. The van der Waals surface area contributed by atoms with Crippen LogP contribution >= 0.6 is 0 Å². The molecular weight excluding hydrogens is 288 g/mol. The van der Waals surface area contributed by atoms with Gasteiger partial charge in [-0.15, -0.1) is 0 Å². The summed E-state index contributed by atoms with van der Waals surface area (Å²) in [5.41, 5.74) is 0. The van der Waals surface area contributed by atoms with Gasteiger partial charge in [0.15, 0.2) is 0 Å². The molecule has 4 heteroatoms. The summed E-state index contributed by atoms with van der Waals surface area (Å²) >= 11 is 0. The molecule has 2 unspecified atom stereocenters. The Kier molecular flexibility index (Phi) is 6.91. The molecule has 2 aliphatic rings. The minimum atomic E-state index is 0.108. The first-order valence-corrected chi connectivity index (χ1v) is 9.67. The maximum Gasteiger partial charge on any atom is 0.225 e. The van der Waals surface area contributed by atoms with Crippen molar-refractivity contribution in [1.82, 2.24) is 10.2 Å². The standard InChI is InChI=1S/C19H34N2O2/c1-4-14(3)20-18(22)15-9-11-16(12-10-15)19(23)21-13-7-6-8-17(21)5-2/h14-17H,4-13H2,1-3H3,(H,20,22). The van der Waals surface area contributed by atoms with E-state index in [4.69, 9.17) is 0 Å². The van der Waals surface area contributed by atoms with E-state index in [-0.39, 0.29) is 23.8 Å². The summed E-state index contributed by atoms with van der Waals surface area (Å²) in [6.07, 6.45) is 9.08. The molecule has 1 saturated heterocycles. The van der Waals surface area contributed by atoms with Gasteiger partial charge in [0.2, 0.25) is 11.8 Å². The minimum Gasteiger partial charge on any atom is -0.353 e. The molecule has 1 aliphatic carbocycles. The lowest BCUT2D eigenvalue weighted by atomic mass is 9.80. The summed E-state index contributed by atoms with van der Waals surface area (Å²) in [7, 11) is 0. The van der Waals surface area contributed by atoms with Crippen LogP contribution in [0.25, 0.3) is 0 Å². The van der Waals surface area contributed by atoms with Gasteiger partial charge < -0.3 is 10.2 Å². The number of piperidine rings is 1. The Balaban J connectivity index is 1.83. The van der Waals surface area contributed by atoms with E-state index in [0.717, 1.165) is 57.9 Å². The number of carbonyl (C=O) groups is 2. The second kappa shape index (κ2) is 8.70. The van der Waals surface area contributed by atoms with Crippen molar-refractivity contribution in [2.24, 2.45) is 11.8 Å². The summed E-state index contributed by atoms with van der Waals surface area (Å²) in [4.78, 5) is 27.2. The zero-order valence-corrected chi connectivity index (χ0v) is 15.1. The van der Waals surface area contributed by atoms with Gasteiger partial charge >= 0.3 is 0 Å². The van der Waals surface area contributed by atoms with Crippen molar-refractivity contribution in [3.63, 3.8) is 0 Å². The van der Waals surface area contributed by atoms with E-state index in [1.807, 2.05) is 6.92 Å². The van der Waals surface area contributed by atoms with Gasteiger partial charge in [-0.3, -0.25) is 9.59 Å². The van der Waals surface area contributed by atoms with E-state index in [9.17, 15) is 9.59 Å². The molecule has 4 nitrogen and oxygen atoms in total. The number of hydrogen-bond acceptors (Lipinski definition) is 2. The van der Waals surface area contributed by atoms with Gasteiger partial charge in [-0.1, -0.05) is 13.8 Å². The van der Waals surface area contributed by atoms with Crippen LogP contribution in [0.2, 0.25) is 0 Å². The number of hydrogen-bond donors (Lipinski definition) is 1. The number of nitrogens with zero attached hydrogens (tertiary/aromatic N) is 1. The van der Waals surface area contributed by atoms with Crippen molar-refractivity contribution < 1.29 is 9.59 Å². The highest BCUT2D eigenvalue weighted by atomic mass is 16.2. The highest BCUT2D eigenvalue weighted by Gasteiger charge is 2.34. The zero-order chi connectivity index (χ0) is 16.8. The average Bonchev–Trinajstić information content (AvgIpc) is 2.60. The van der Waals surface area contributed by atoms with Crippen LogP contribution in [0.5, 0.6) is 0 Å². The Hall–Kier alpha value is -1.06. The molecule has 1 aliphatic heterocycles. The molecule has 23 heavy (non-hydrogen) atoms. The van der Waals surface area contributed by atoms with Gasteiger partial charge in [-0.25, -0.2) is 0 Å². The molecule has 0 bridgehead atoms. The molecule has 2 amide bonds. The Morgan fingerprint density at radius 1 is 1.04 bits per heavy atom. The van der Waals surface area contributed by atoms with Gasteiger partial charge in [0.25, 0.3) is 0 Å². The van der Waals surface area contributed by atoms with Crippen LogP contribution in [-0.2, 0) is 9.59 Å². The molecule has 1 heterocycles. The summed E-state index contributed by atoms with van der Waals surface area (Å²) in [5, 5.41) is 3.09. The fourth-order valence-electron chi connectivity index (χ4n) is 4.01. The lowest BCUT2D eigenvalue weighted by Crippen LogP contribution is -2.47. The first-order valence-electron chi connectivity index (χ1n) is 9.67. The van der Waals surface area contributed by atoms with Gasteiger partial charge in [0, 0.05) is 30.5 Å². The zero-order valence-electron chi connectivity index (χ0n) is 15.1. The number of amides is 2. The topological polar surface area (TPSA) is 49.4 Å². The third kappa shape index (κ3) is 4.71. The van der Waals surface area contributed by atoms with E-state index in [1.165, 1.54) is 6.42 Å². The van der Waals surface area contributed by atoms with E-state index in [2.05, 4.69) is 24.1 Å². The molecule has 0 aromatic heterocycles. The number of rotatable bonds is 5. The molecule has 0 aromatic carbocycles. The fraction of sp³-hybridized carbons (Fsp3) is 0.895. The van der Waals surface area contributed by atoms with E-state index in [1.54, 1.807) is 0 Å². The first kappa shape index (κ1) is 18.3. The molecule has 0 spiro atoms. The van der Waals surface area contributed by atoms with Crippen LogP contribution in [0.15, 0.2) is 0 Å². The van der Waals surface area contributed by atoms with E-state index in [0.29, 0.717) is 11.9 Å². The van der Waals surface area contributed by atoms with Crippen LogP contribution in [0.1, 0.15) is 78.6 Å². The lowest BCUT2D eigenvalue weighted by molar-refractivity contribution is -0.142. The quantitative estimate of drug-likeness (QED) is 0.842. The van der Waals surface area contributed by atoms with Crippen LogP contribution in [0, 0.1) is 11.8 Å². The van der Waals surface area contributed by atoms with E-state index < -0.39 is 0 Å². The SMILES string of the molecule is CCC(C)NC(=O)C1CCC(C(=O)N2CCCCC2CC)CC1. The van der Waals surface area contributed by atoms with Crippen LogP contribution in [0.3, 0.4) is 0 Å². The largest absolute Gasteiger partial charge is 0.353 e. The Morgan fingerprint density at radius 2 is 1.70 bits per heavy atom. The van der Waals surface area contributed by atoms with Gasteiger partial charge in [0.1, 0.15) is 0 Å². The van der Waals surface area contributed by atoms with Crippen molar-refractivity contribution in [2.45, 2.75) is 90.6 Å². The number of likely N-dealkylation sites (tertiary alicyclic amines) is 1. The average molecular weight is 322 g/mol. The highest BCUT2D eigenvalue weighted by molar-refractivity contribution is 5.81.